The van der Waals surface area contributed by atoms with Crippen molar-refractivity contribution < 1.29 is 14.6 Å². The molecule has 1 N–H and O–H groups in total. The topological polar surface area (TPSA) is 64.5 Å². The SMILES string of the molecule is COc1cc(Br)c(Oc2ccc(CO)nn2)cc1Br. The summed E-state index contributed by atoms with van der Waals surface area (Å²) < 4.78 is 12.3. The lowest BCUT2D eigenvalue weighted by molar-refractivity contribution is 0.274. The number of hydrogen-bond donors (Lipinski definition) is 1. The van der Waals surface area contributed by atoms with Crippen molar-refractivity contribution in [3.8, 4) is 17.4 Å². The van der Waals surface area contributed by atoms with Crippen LogP contribution in [0, 0.1) is 0 Å². The molecular weight excluding hydrogens is 380 g/mol. The van der Waals surface area contributed by atoms with Crippen molar-refractivity contribution in [3.63, 3.8) is 0 Å². The molecule has 100 valence electrons. The molecule has 0 saturated carbocycles. The summed E-state index contributed by atoms with van der Waals surface area (Å²) in [6.45, 7) is -0.148. The largest absolute Gasteiger partial charge is 0.496 e. The summed E-state index contributed by atoms with van der Waals surface area (Å²) in [6, 6.07) is 6.84. The molecule has 1 aromatic heterocycles. The summed E-state index contributed by atoms with van der Waals surface area (Å²) in [5, 5.41) is 16.5. The van der Waals surface area contributed by atoms with Crippen LogP contribution in [-0.4, -0.2) is 22.4 Å². The third kappa shape index (κ3) is 3.43. The second-order valence-electron chi connectivity index (χ2n) is 3.54. The minimum atomic E-state index is -0.148. The standard InChI is InChI=1S/C12H10Br2N2O3/c1-18-10-4-9(14)11(5-8(10)13)19-12-3-2-7(6-17)15-16-12/h2-5,17H,6H2,1H3. The monoisotopic (exact) mass is 388 g/mol. The van der Waals surface area contributed by atoms with Crippen molar-refractivity contribution in [2.24, 2.45) is 0 Å². The molecule has 0 aliphatic carbocycles. The first-order chi connectivity index (χ1) is 9.13. The lowest BCUT2D eigenvalue weighted by Gasteiger charge is -2.10. The molecule has 0 radical (unpaired) electrons. The molecule has 5 nitrogen and oxygen atoms in total. The summed E-state index contributed by atoms with van der Waals surface area (Å²) >= 11 is 6.78. The molecule has 0 unspecified atom stereocenters. The van der Waals surface area contributed by atoms with Gasteiger partial charge in [0.15, 0.2) is 0 Å². The molecule has 0 aliphatic heterocycles. The summed E-state index contributed by atoms with van der Waals surface area (Å²) in [5.74, 6) is 1.62. The number of benzene rings is 1. The molecule has 0 aliphatic rings. The van der Waals surface area contributed by atoms with Crippen LogP contribution < -0.4 is 9.47 Å². The number of ether oxygens (including phenoxy) is 2. The summed E-state index contributed by atoms with van der Waals surface area (Å²) in [4.78, 5) is 0. The van der Waals surface area contributed by atoms with Crippen molar-refractivity contribution >= 4 is 31.9 Å². The Hall–Kier alpha value is -1.18. The summed E-state index contributed by atoms with van der Waals surface area (Å²) in [7, 11) is 1.59. The van der Waals surface area contributed by atoms with E-state index in [0.717, 1.165) is 8.95 Å². The number of nitrogens with zero attached hydrogens (tertiary/aromatic N) is 2. The molecule has 0 saturated heterocycles. The fourth-order valence-corrected chi connectivity index (χ4v) is 2.23. The molecule has 2 aromatic rings. The minimum Gasteiger partial charge on any atom is -0.496 e. The van der Waals surface area contributed by atoms with Gasteiger partial charge in [0.1, 0.15) is 11.5 Å². The number of rotatable bonds is 4. The van der Waals surface area contributed by atoms with E-state index in [9.17, 15) is 0 Å². The van der Waals surface area contributed by atoms with E-state index in [2.05, 4.69) is 42.1 Å². The highest BCUT2D eigenvalue weighted by atomic mass is 79.9. The Bertz CT molecular complexity index is 576. The number of halogens is 2. The van der Waals surface area contributed by atoms with E-state index < -0.39 is 0 Å². The Morgan fingerprint density at radius 2 is 1.79 bits per heavy atom. The van der Waals surface area contributed by atoms with Gasteiger partial charge in [0.05, 0.1) is 28.4 Å². The maximum Gasteiger partial charge on any atom is 0.238 e. The lowest BCUT2D eigenvalue weighted by atomic mass is 10.3. The van der Waals surface area contributed by atoms with Crippen LogP contribution in [0.4, 0.5) is 0 Å². The first-order valence-electron chi connectivity index (χ1n) is 5.28. The Balaban J connectivity index is 2.25. The molecular formula is C12H10Br2N2O3. The quantitative estimate of drug-likeness (QED) is 0.869. The highest BCUT2D eigenvalue weighted by Crippen LogP contribution is 2.37. The fourth-order valence-electron chi connectivity index (χ4n) is 1.34. The van der Waals surface area contributed by atoms with E-state index in [1.165, 1.54) is 0 Å². The highest BCUT2D eigenvalue weighted by molar-refractivity contribution is 9.11. The molecule has 0 bridgehead atoms. The van der Waals surface area contributed by atoms with Gasteiger partial charge < -0.3 is 14.6 Å². The van der Waals surface area contributed by atoms with E-state index in [-0.39, 0.29) is 6.61 Å². The van der Waals surface area contributed by atoms with Crippen LogP contribution in [-0.2, 0) is 6.61 Å². The van der Waals surface area contributed by atoms with E-state index >= 15 is 0 Å². The fraction of sp³-hybridized carbons (Fsp3) is 0.167. The van der Waals surface area contributed by atoms with Gasteiger partial charge in [-0.25, -0.2) is 0 Å². The number of hydrogen-bond acceptors (Lipinski definition) is 5. The van der Waals surface area contributed by atoms with E-state index in [1.807, 2.05) is 0 Å². The number of aliphatic hydroxyl groups excluding tert-OH is 1. The molecule has 0 fully saturated rings. The zero-order chi connectivity index (χ0) is 13.8. The minimum absolute atomic E-state index is 0.148. The smallest absolute Gasteiger partial charge is 0.238 e. The number of methoxy groups -OCH3 is 1. The second-order valence-corrected chi connectivity index (χ2v) is 5.25. The van der Waals surface area contributed by atoms with Crippen LogP contribution in [0.3, 0.4) is 0 Å². The average Bonchev–Trinajstić information content (AvgIpc) is 2.43. The van der Waals surface area contributed by atoms with E-state index in [1.54, 1.807) is 31.4 Å². The molecule has 0 amide bonds. The Labute approximate surface area is 126 Å². The third-order valence-electron chi connectivity index (χ3n) is 2.28. The van der Waals surface area contributed by atoms with Gasteiger partial charge in [-0.1, -0.05) is 0 Å². The van der Waals surface area contributed by atoms with E-state index in [4.69, 9.17) is 14.6 Å². The molecule has 7 heteroatoms. The highest BCUT2D eigenvalue weighted by Gasteiger charge is 2.10. The molecule has 2 rings (SSSR count). The van der Waals surface area contributed by atoms with Gasteiger partial charge in [0, 0.05) is 6.07 Å². The van der Waals surface area contributed by atoms with Crippen molar-refractivity contribution in [1.29, 1.82) is 0 Å². The van der Waals surface area contributed by atoms with Crippen molar-refractivity contribution in [1.82, 2.24) is 10.2 Å². The van der Waals surface area contributed by atoms with Crippen LogP contribution in [0.5, 0.6) is 17.4 Å². The summed E-state index contributed by atoms with van der Waals surface area (Å²) in [5.41, 5.74) is 0.488. The van der Waals surface area contributed by atoms with Gasteiger partial charge in [0.2, 0.25) is 5.88 Å². The van der Waals surface area contributed by atoms with Gasteiger partial charge in [-0.2, -0.15) is 0 Å². The first-order valence-corrected chi connectivity index (χ1v) is 6.87. The van der Waals surface area contributed by atoms with Crippen LogP contribution in [0.1, 0.15) is 5.69 Å². The maximum atomic E-state index is 8.89. The molecule has 1 aromatic carbocycles. The van der Waals surface area contributed by atoms with Crippen LogP contribution in [0.25, 0.3) is 0 Å². The van der Waals surface area contributed by atoms with Gasteiger partial charge in [-0.3, -0.25) is 0 Å². The van der Waals surface area contributed by atoms with Crippen molar-refractivity contribution in [2.75, 3.05) is 7.11 Å². The second kappa shape index (κ2) is 6.31. The van der Waals surface area contributed by atoms with Crippen molar-refractivity contribution in [2.45, 2.75) is 6.61 Å². The van der Waals surface area contributed by atoms with Gasteiger partial charge in [-0.15, -0.1) is 10.2 Å². The average molecular weight is 390 g/mol. The number of aromatic nitrogens is 2. The zero-order valence-electron chi connectivity index (χ0n) is 9.93. The van der Waals surface area contributed by atoms with Gasteiger partial charge in [0.25, 0.3) is 0 Å². The Kier molecular flexibility index (Phi) is 4.73. The van der Waals surface area contributed by atoms with Gasteiger partial charge in [-0.05, 0) is 50.1 Å². The van der Waals surface area contributed by atoms with E-state index in [0.29, 0.717) is 23.1 Å². The molecule has 1 heterocycles. The van der Waals surface area contributed by atoms with Crippen LogP contribution in [0.15, 0.2) is 33.2 Å². The van der Waals surface area contributed by atoms with Gasteiger partial charge >= 0.3 is 0 Å². The number of aliphatic hydroxyl groups is 1. The van der Waals surface area contributed by atoms with Crippen LogP contribution >= 0.6 is 31.9 Å². The van der Waals surface area contributed by atoms with Crippen molar-refractivity contribution in [3.05, 3.63) is 38.9 Å². The molecule has 0 atom stereocenters. The van der Waals surface area contributed by atoms with Crippen LogP contribution in [0.2, 0.25) is 0 Å². The first kappa shape index (κ1) is 14.2. The normalized spacial score (nSPS) is 10.3. The summed E-state index contributed by atoms with van der Waals surface area (Å²) in [6.07, 6.45) is 0. The Morgan fingerprint density at radius 1 is 1.11 bits per heavy atom. The molecule has 0 spiro atoms. The Morgan fingerprint density at radius 3 is 2.37 bits per heavy atom. The molecule has 19 heavy (non-hydrogen) atoms. The maximum absolute atomic E-state index is 8.89. The zero-order valence-corrected chi connectivity index (χ0v) is 13.1. The third-order valence-corrected chi connectivity index (χ3v) is 3.52. The predicted molar refractivity (Wildman–Crippen MR) is 76.4 cm³/mol. The predicted octanol–water partition coefficient (Wildman–Crippen LogP) is 3.29. The lowest BCUT2D eigenvalue weighted by Crippen LogP contribution is -1.95.